The first-order valence-electron chi connectivity index (χ1n) is 4.55. The number of aliphatic hydroxyl groups excluding tert-OH is 1. The molecule has 0 aliphatic rings. The van der Waals surface area contributed by atoms with Crippen LogP contribution in [0.25, 0.3) is 0 Å². The average molecular weight is 209 g/mol. The molecule has 1 N–H and O–H groups in total. The molecule has 0 amide bonds. The zero-order valence-electron chi connectivity index (χ0n) is 8.58. The van der Waals surface area contributed by atoms with Gasteiger partial charge in [0.25, 0.3) is 0 Å². The van der Waals surface area contributed by atoms with E-state index in [9.17, 15) is 0 Å². The number of hydrogen-bond acceptors (Lipinski definition) is 3. The summed E-state index contributed by atoms with van der Waals surface area (Å²) in [6.07, 6.45) is 0.556. The second-order valence-electron chi connectivity index (χ2n) is 3.28. The number of nitrogens with zero attached hydrogens (tertiary/aromatic N) is 1. The highest BCUT2D eigenvalue weighted by atomic mass is 32.1. The molecule has 76 valence electrons. The fourth-order valence-corrected chi connectivity index (χ4v) is 2.05. The van der Waals surface area contributed by atoms with Gasteiger partial charge in [-0.05, 0) is 26.2 Å². The minimum atomic E-state index is 0.142. The summed E-state index contributed by atoms with van der Waals surface area (Å²) in [5, 5.41) is 8.56. The van der Waals surface area contributed by atoms with Crippen molar-refractivity contribution in [3.05, 3.63) is 21.9 Å². The summed E-state index contributed by atoms with van der Waals surface area (Å²) in [7, 11) is 4.10. The van der Waals surface area contributed by atoms with Crippen molar-refractivity contribution in [2.24, 2.45) is 0 Å². The number of rotatable bonds is 3. The van der Waals surface area contributed by atoms with Crippen LogP contribution in [0.5, 0.6) is 0 Å². The molecule has 0 aliphatic heterocycles. The Morgan fingerprint density at radius 2 is 2.21 bits per heavy atom. The van der Waals surface area contributed by atoms with Gasteiger partial charge in [0.1, 0.15) is 0 Å². The highest BCUT2D eigenvalue weighted by Gasteiger charge is 1.98. The predicted octanol–water partition coefficient (Wildman–Crippen LogP) is 1.54. The lowest BCUT2D eigenvalue weighted by Crippen LogP contribution is -2.09. The van der Waals surface area contributed by atoms with Crippen LogP contribution < -0.4 is 0 Å². The minimum Gasteiger partial charge on any atom is -0.395 e. The van der Waals surface area contributed by atoms with Gasteiger partial charge in [0.05, 0.1) is 11.5 Å². The molecule has 0 bridgehead atoms. The molecule has 3 heteroatoms. The number of thiophene rings is 1. The van der Waals surface area contributed by atoms with Crippen molar-refractivity contribution in [3.8, 4) is 11.8 Å². The van der Waals surface area contributed by atoms with Gasteiger partial charge in [-0.1, -0.05) is 11.8 Å². The van der Waals surface area contributed by atoms with E-state index < -0.39 is 0 Å². The second kappa shape index (κ2) is 5.82. The molecule has 0 saturated heterocycles. The molecule has 0 unspecified atom stereocenters. The molecule has 1 heterocycles. The van der Waals surface area contributed by atoms with Crippen molar-refractivity contribution in [2.75, 3.05) is 20.7 Å². The van der Waals surface area contributed by atoms with Crippen molar-refractivity contribution in [1.82, 2.24) is 4.90 Å². The smallest absolute Gasteiger partial charge is 0.0771 e. The van der Waals surface area contributed by atoms with Crippen LogP contribution in [-0.4, -0.2) is 30.7 Å². The third-order valence-electron chi connectivity index (χ3n) is 1.58. The van der Waals surface area contributed by atoms with Crippen LogP contribution in [0.4, 0.5) is 0 Å². The van der Waals surface area contributed by atoms with Crippen LogP contribution in [0.1, 0.15) is 16.2 Å². The maximum Gasteiger partial charge on any atom is 0.0771 e. The topological polar surface area (TPSA) is 23.5 Å². The molecule has 0 fully saturated rings. The van der Waals surface area contributed by atoms with Gasteiger partial charge in [0.2, 0.25) is 0 Å². The molecule has 1 aromatic heterocycles. The van der Waals surface area contributed by atoms with Crippen LogP contribution in [0.2, 0.25) is 0 Å². The summed E-state index contributed by atoms with van der Waals surface area (Å²) < 4.78 is 0. The van der Waals surface area contributed by atoms with E-state index in [0.717, 1.165) is 11.4 Å². The Morgan fingerprint density at radius 1 is 1.43 bits per heavy atom. The molecule has 0 aromatic carbocycles. The summed E-state index contributed by atoms with van der Waals surface area (Å²) in [5.74, 6) is 5.94. The Hall–Kier alpha value is -0.820. The predicted molar refractivity (Wildman–Crippen MR) is 60.3 cm³/mol. The van der Waals surface area contributed by atoms with Crippen molar-refractivity contribution < 1.29 is 5.11 Å². The molecule has 1 aromatic rings. The molecule has 1 rings (SSSR count). The van der Waals surface area contributed by atoms with Crippen LogP contribution >= 0.6 is 11.3 Å². The van der Waals surface area contributed by atoms with Gasteiger partial charge in [-0.2, -0.15) is 0 Å². The molecule has 0 aliphatic carbocycles. The third kappa shape index (κ3) is 3.93. The molecule has 0 saturated carbocycles. The van der Waals surface area contributed by atoms with E-state index in [1.54, 1.807) is 11.3 Å². The lowest BCUT2D eigenvalue weighted by atomic mass is 10.4. The molecule has 14 heavy (non-hydrogen) atoms. The molecule has 0 radical (unpaired) electrons. The van der Waals surface area contributed by atoms with E-state index in [0.29, 0.717) is 6.42 Å². The van der Waals surface area contributed by atoms with E-state index in [-0.39, 0.29) is 6.61 Å². The van der Waals surface area contributed by atoms with E-state index in [2.05, 4.69) is 36.9 Å². The van der Waals surface area contributed by atoms with Crippen molar-refractivity contribution in [1.29, 1.82) is 0 Å². The first kappa shape index (κ1) is 11.3. The molecular weight excluding hydrogens is 194 g/mol. The maximum atomic E-state index is 8.56. The SMILES string of the molecule is CN(C)Cc1ccc(C#CCCO)s1. The normalized spacial score (nSPS) is 10.0. The van der Waals surface area contributed by atoms with Gasteiger partial charge in [-0.15, -0.1) is 11.3 Å². The van der Waals surface area contributed by atoms with Gasteiger partial charge >= 0.3 is 0 Å². The average Bonchev–Trinajstić information content (AvgIpc) is 2.52. The highest BCUT2D eigenvalue weighted by Crippen LogP contribution is 2.16. The summed E-state index contributed by atoms with van der Waals surface area (Å²) in [4.78, 5) is 4.54. The van der Waals surface area contributed by atoms with Gasteiger partial charge in [0, 0.05) is 17.8 Å². The number of aliphatic hydroxyl groups is 1. The summed E-state index contributed by atoms with van der Waals surface area (Å²) in [6.45, 7) is 1.11. The molecule has 0 spiro atoms. The molecular formula is C11H15NOS. The maximum absolute atomic E-state index is 8.56. The van der Waals surface area contributed by atoms with Crippen molar-refractivity contribution in [2.45, 2.75) is 13.0 Å². The van der Waals surface area contributed by atoms with Crippen molar-refractivity contribution >= 4 is 11.3 Å². The van der Waals surface area contributed by atoms with Crippen LogP contribution in [0, 0.1) is 11.8 Å². The zero-order valence-corrected chi connectivity index (χ0v) is 9.40. The van der Waals surface area contributed by atoms with E-state index >= 15 is 0 Å². The van der Waals surface area contributed by atoms with Gasteiger partial charge < -0.3 is 10.0 Å². The Bertz CT molecular complexity index is 333. The van der Waals surface area contributed by atoms with E-state index in [1.807, 2.05) is 6.07 Å². The zero-order chi connectivity index (χ0) is 10.4. The number of hydrogen-bond donors (Lipinski definition) is 1. The van der Waals surface area contributed by atoms with Crippen molar-refractivity contribution in [3.63, 3.8) is 0 Å². The highest BCUT2D eigenvalue weighted by molar-refractivity contribution is 7.12. The Morgan fingerprint density at radius 3 is 2.86 bits per heavy atom. The Labute approximate surface area is 89.2 Å². The lowest BCUT2D eigenvalue weighted by molar-refractivity contribution is 0.305. The largest absolute Gasteiger partial charge is 0.395 e. The molecule has 2 nitrogen and oxygen atoms in total. The second-order valence-corrected chi connectivity index (χ2v) is 4.45. The summed E-state index contributed by atoms with van der Waals surface area (Å²) in [5.41, 5.74) is 0. The third-order valence-corrected chi connectivity index (χ3v) is 2.57. The summed E-state index contributed by atoms with van der Waals surface area (Å²) in [6, 6.07) is 4.14. The molecule has 0 atom stereocenters. The monoisotopic (exact) mass is 209 g/mol. The first-order chi connectivity index (χ1) is 6.72. The fourth-order valence-electron chi connectivity index (χ4n) is 1.05. The quantitative estimate of drug-likeness (QED) is 0.763. The van der Waals surface area contributed by atoms with Gasteiger partial charge in [-0.3, -0.25) is 0 Å². The fraction of sp³-hybridized carbons (Fsp3) is 0.455. The first-order valence-corrected chi connectivity index (χ1v) is 5.37. The van der Waals surface area contributed by atoms with Crippen LogP contribution in [0.3, 0.4) is 0 Å². The lowest BCUT2D eigenvalue weighted by Gasteiger charge is -2.05. The summed E-state index contributed by atoms with van der Waals surface area (Å²) >= 11 is 1.71. The minimum absolute atomic E-state index is 0.142. The van der Waals surface area contributed by atoms with E-state index in [4.69, 9.17) is 5.11 Å². The standard InChI is InChI=1S/C11H15NOS/c1-12(2)9-11-7-6-10(14-11)5-3-4-8-13/h6-7,13H,4,8-9H2,1-2H3. The van der Waals surface area contributed by atoms with Crippen LogP contribution in [-0.2, 0) is 6.54 Å². The van der Waals surface area contributed by atoms with E-state index in [1.165, 1.54) is 4.88 Å². The van der Waals surface area contributed by atoms with Gasteiger partial charge in [-0.25, -0.2) is 0 Å². The Kier molecular flexibility index (Phi) is 4.68. The van der Waals surface area contributed by atoms with Crippen LogP contribution in [0.15, 0.2) is 12.1 Å². The Balaban J connectivity index is 2.56. The van der Waals surface area contributed by atoms with Gasteiger partial charge in [0.15, 0.2) is 0 Å².